The van der Waals surface area contributed by atoms with Crippen LogP contribution in [-0.4, -0.2) is 36.3 Å². The van der Waals surface area contributed by atoms with Gasteiger partial charge < -0.3 is 10.2 Å². The summed E-state index contributed by atoms with van der Waals surface area (Å²) in [5.41, 5.74) is 3.05. The number of hydrogen-bond acceptors (Lipinski definition) is 3. The number of nitrogens with one attached hydrogen (secondary N) is 2. The van der Waals surface area contributed by atoms with Crippen LogP contribution in [0.15, 0.2) is 78.9 Å². The van der Waals surface area contributed by atoms with Crippen LogP contribution >= 0.6 is 0 Å². The van der Waals surface area contributed by atoms with E-state index in [2.05, 4.69) is 10.6 Å². The van der Waals surface area contributed by atoms with E-state index in [0.717, 1.165) is 11.1 Å². The fraction of sp³-hybridized carbons (Fsp3) is 0.231. The van der Waals surface area contributed by atoms with E-state index < -0.39 is 0 Å². The summed E-state index contributed by atoms with van der Waals surface area (Å²) in [5.74, 6) is -0.545. The van der Waals surface area contributed by atoms with Crippen molar-refractivity contribution in [1.29, 1.82) is 0 Å². The smallest absolute Gasteiger partial charge is 0.253 e. The Hall–Kier alpha value is -3.51. The number of anilines is 1. The summed E-state index contributed by atoms with van der Waals surface area (Å²) in [5, 5.41) is 6.10. The number of carbonyl (C=O) groups excluding carboxylic acids is 2. The van der Waals surface area contributed by atoms with E-state index >= 15 is 0 Å². The van der Waals surface area contributed by atoms with Crippen molar-refractivity contribution in [2.45, 2.75) is 19.9 Å². The van der Waals surface area contributed by atoms with Gasteiger partial charge in [-0.05, 0) is 61.4 Å². The van der Waals surface area contributed by atoms with Crippen molar-refractivity contribution in [2.24, 2.45) is 0 Å². The largest absolute Gasteiger partial charge is 0.339 e. The lowest BCUT2D eigenvalue weighted by Gasteiger charge is -2.20. The van der Waals surface area contributed by atoms with Crippen LogP contribution < -0.4 is 10.6 Å². The van der Waals surface area contributed by atoms with Crippen molar-refractivity contribution >= 4 is 17.5 Å². The van der Waals surface area contributed by atoms with E-state index in [4.69, 9.17) is 0 Å². The van der Waals surface area contributed by atoms with Crippen LogP contribution in [0.2, 0.25) is 0 Å². The highest BCUT2D eigenvalue weighted by Crippen LogP contribution is 2.22. The molecule has 1 unspecified atom stereocenters. The van der Waals surface area contributed by atoms with Crippen LogP contribution in [-0.2, 0) is 4.79 Å². The quantitative estimate of drug-likeness (QED) is 0.517. The van der Waals surface area contributed by atoms with Gasteiger partial charge in [0.2, 0.25) is 5.91 Å². The average Bonchev–Trinajstić information content (AvgIpc) is 2.82. The molecule has 0 saturated carbocycles. The molecule has 0 radical (unpaired) electrons. The lowest BCUT2D eigenvalue weighted by Crippen LogP contribution is -2.32. The van der Waals surface area contributed by atoms with Gasteiger partial charge >= 0.3 is 0 Å². The highest BCUT2D eigenvalue weighted by molar-refractivity contribution is 5.96. The molecule has 0 aliphatic heterocycles. The van der Waals surface area contributed by atoms with Crippen molar-refractivity contribution in [3.8, 4) is 0 Å². The normalized spacial score (nSPS) is 11.6. The maximum absolute atomic E-state index is 13.4. The standard InChI is InChI=1S/C26H28FN3O2/c1-3-30(4-2)26(32)21-12-16-23(17-13-21)29-24(31)18-28-25(19-8-6-5-7-9-19)20-10-14-22(27)15-11-20/h5-17,25,28H,3-4,18H2,1-2H3,(H,29,31). The molecule has 3 rings (SSSR count). The summed E-state index contributed by atoms with van der Waals surface area (Å²) in [6.07, 6.45) is 0. The molecule has 0 aliphatic rings. The molecule has 0 fully saturated rings. The summed E-state index contributed by atoms with van der Waals surface area (Å²) in [7, 11) is 0. The third-order valence-corrected chi connectivity index (χ3v) is 5.27. The summed E-state index contributed by atoms with van der Waals surface area (Å²) in [6.45, 7) is 5.25. The molecule has 1 atom stereocenters. The Bertz CT molecular complexity index is 1020. The number of carbonyl (C=O) groups is 2. The van der Waals surface area contributed by atoms with Crippen LogP contribution in [0.1, 0.15) is 41.4 Å². The first kappa shape index (κ1) is 23.2. The van der Waals surface area contributed by atoms with Gasteiger partial charge in [-0.3, -0.25) is 14.9 Å². The highest BCUT2D eigenvalue weighted by Gasteiger charge is 2.16. The Morgan fingerprint density at radius 3 is 2.03 bits per heavy atom. The Morgan fingerprint density at radius 1 is 0.844 bits per heavy atom. The second-order valence-corrected chi connectivity index (χ2v) is 7.38. The predicted molar refractivity (Wildman–Crippen MR) is 125 cm³/mol. The van der Waals surface area contributed by atoms with Crippen LogP contribution in [0, 0.1) is 5.82 Å². The number of amides is 2. The molecule has 0 spiro atoms. The van der Waals surface area contributed by atoms with E-state index in [0.29, 0.717) is 24.3 Å². The second kappa shape index (κ2) is 11.2. The van der Waals surface area contributed by atoms with Crippen LogP contribution in [0.5, 0.6) is 0 Å². The van der Waals surface area contributed by atoms with Crippen LogP contribution in [0.4, 0.5) is 10.1 Å². The SMILES string of the molecule is CCN(CC)C(=O)c1ccc(NC(=O)CNC(c2ccccc2)c2ccc(F)cc2)cc1. The number of halogens is 1. The fourth-order valence-corrected chi connectivity index (χ4v) is 3.52. The summed E-state index contributed by atoms with van der Waals surface area (Å²) in [6, 6.07) is 22.6. The second-order valence-electron chi connectivity index (χ2n) is 7.38. The predicted octanol–water partition coefficient (Wildman–Crippen LogP) is 4.63. The van der Waals surface area contributed by atoms with Gasteiger partial charge in [-0.2, -0.15) is 0 Å². The van der Waals surface area contributed by atoms with Crippen LogP contribution in [0.25, 0.3) is 0 Å². The molecule has 3 aromatic carbocycles. The molecule has 2 amide bonds. The molecular formula is C26H28FN3O2. The molecule has 0 aromatic heterocycles. The average molecular weight is 434 g/mol. The van der Waals surface area contributed by atoms with E-state index in [1.807, 2.05) is 44.2 Å². The lowest BCUT2D eigenvalue weighted by atomic mass is 9.98. The molecule has 0 aliphatic carbocycles. The Kier molecular flexibility index (Phi) is 8.11. The van der Waals surface area contributed by atoms with Gasteiger partial charge in [0, 0.05) is 24.3 Å². The zero-order valence-electron chi connectivity index (χ0n) is 18.3. The monoisotopic (exact) mass is 433 g/mol. The van der Waals surface area contributed by atoms with Crippen molar-refractivity contribution in [3.05, 3.63) is 101 Å². The van der Waals surface area contributed by atoms with E-state index in [9.17, 15) is 14.0 Å². The molecule has 0 heterocycles. The first-order valence-electron chi connectivity index (χ1n) is 10.7. The summed E-state index contributed by atoms with van der Waals surface area (Å²) < 4.78 is 13.4. The fourth-order valence-electron chi connectivity index (χ4n) is 3.52. The Labute approximate surface area is 188 Å². The minimum atomic E-state index is -0.304. The van der Waals surface area contributed by atoms with Gasteiger partial charge in [0.05, 0.1) is 12.6 Å². The van der Waals surface area contributed by atoms with Crippen LogP contribution in [0.3, 0.4) is 0 Å². The molecule has 5 nitrogen and oxygen atoms in total. The van der Waals surface area contributed by atoms with Gasteiger partial charge in [-0.1, -0.05) is 42.5 Å². The third-order valence-electron chi connectivity index (χ3n) is 5.27. The minimum absolute atomic E-state index is 0.0282. The van der Waals surface area contributed by atoms with Crippen molar-refractivity contribution in [1.82, 2.24) is 10.2 Å². The van der Waals surface area contributed by atoms with E-state index in [1.54, 1.807) is 41.3 Å². The first-order valence-corrected chi connectivity index (χ1v) is 10.7. The van der Waals surface area contributed by atoms with Gasteiger partial charge in [-0.15, -0.1) is 0 Å². The lowest BCUT2D eigenvalue weighted by molar-refractivity contribution is -0.115. The van der Waals surface area contributed by atoms with Gasteiger partial charge in [-0.25, -0.2) is 4.39 Å². The van der Waals surface area contributed by atoms with Crippen molar-refractivity contribution < 1.29 is 14.0 Å². The van der Waals surface area contributed by atoms with Gasteiger partial charge in [0.15, 0.2) is 0 Å². The number of nitrogens with zero attached hydrogens (tertiary/aromatic N) is 1. The molecular weight excluding hydrogens is 405 g/mol. The van der Waals surface area contributed by atoms with E-state index in [-0.39, 0.29) is 30.2 Å². The Balaban J connectivity index is 1.64. The molecule has 0 bridgehead atoms. The molecule has 2 N–H and O–H groups in total. The molecule has 166 valence electrons. The van der Waals surface area contributed by atoms with E-state index in [1.165, 1.54) is 12.1 Å². The topological polar surface area (TPSA) is 61.4 Å². The first-order chi connectivity index (χ1) is 15.5. The number of rotatable bonds is 9. The Morgan fingerprint density at radius 2 is 1.44 bits per heavy atom. The highest BCUT2D eigenvalue weighted by atomic mass is 19.1. The number of hydrogen-bond donors (Lipinski definition) is 2. The third kappa shape index (κ3) is 6.02. The number of benzene rings is 3. The minimum Gasteiger partial charge on any atom is -0.339 e. The zero-order valence-corrected chi connectivity index (χ0v) is 18.3. The molecule has 32 heavy (non-hydrogen) atoms. The molecule has 3 aromatic rings. The summed E-state index contributed by atoms with van der Waals surface area (Å²) in [4.78, 5) is 26.7. The zero-order chi connectivity index (χ0) is 22.9. The maximum Gasteiger partial charge on any atom is 0.253 e. The van der Waals surface area contributed by atoms with Crippen molar-refractivity contribution in [2.75, 3.05) is 25.0 Å². The molecule has 6 heteroatoms. The van der Waals surface area contributed by atoms with Gasteiger partial charge in [0.1, 0.15) is 5.82 Å². The van der Waals surface area contributed by atoms with Gasteiger partial charge in [0.25, 0.3) is 5.91 Å². The molecule has 0 saturated heterocycles. The maximum atomic E-state index is 13.4. The van der Waals surface area contributed by atoms with Crippen molar-refractivity contribution in [3.63, 3.8) is 0 Å². The summed E-state index contributed by atoms with van der Waals surface area (Å²) >= 11 is 0.